The summed E-state index contributed by atoms with van der Waals surface area (Å²) in [5.41, 5.74) is 0.997. The van der Waals surface area contributed by atoms with E-state index in [-0.39, 0.29) is 6.04 Å². The second-order valence-electron chi connectivity index (χ2n) is 4.58. The Morgan fingerprint density at radius 2 is 1.67 bits per heavy atom. The molecule has 0 bridgehead atoms. The molecule has 102 valence electrons. The van der Waals surface area contributed by atoms with E-state index < -0.39 is 0 Å². The Kier molecular flexibility index (Phi) is 6.79. The number of rotatable bonds is 6. The van der Waals surface area contributed by atoms with Crippen molar-refractivity contribution >= 4 is 34.8 Å². The van der Waals surface area contributed by atoms with Gasteiger partial charge in [0.25, 0.3) is 0 Å². The van der Waals surface area contributed by atoms with Gasteiger partial charge >= 0.3 is 0 Å². The summed E-state index contributed by atoms with van der Waals surface area (Å²) in [6.45, 7) is 7.51. The minimum atomic E-state index is 0.174. The third kappa shape index (κ3) is 4.03. The van der Waals surface area contributed by atoms with Gasteiger partial charge in [-0.3, -0.25) is 0 Å². The fourth-order valence-electron chi connectivity index (χ4n) is 1.91. The molecule has 0 radical (unpaired) electrons. The molecule has 0 heterocycles. The molecule has 1 unspecified atom stereocenters. The maximum absolute atomic E-state index is 6.22. The number of halogens is 3. The van der Waals surface area contributed by atoms with E-state index in [4.69, 9.17) is 34.8 Å². The largest absolute Gasteiger partial charge is 0.310 e. The van der Waals surface area contributed by atoms with E-state index in [9.17, 15) is 0 Å². The highest BCUT2D eigenvalue weighted by Gasteiger charge is 2.15. The van der Waals surface area contributed by atoms with Crippen LogP contribution in [0.25, 0.3) is 0 Å². The monoisotopic (exact) mass is 307 g/mol. The van der Waals surface area contributed by atoms with Gasteiger partial charge in [0.05, 0.1) is 15.1 Å². The van der Waals surface area contributed by atoms with Gasteiger partial charge in [-0.25, -0.2) is 0 Å². The van der Waals surface area contributed by atoms with Crippen molar-refractivity contribution in [3.8, 4) is 0 Å². The summed E-state index contributed by atoms with van der Waals surface area (Å²) in [4.78, 5) is 0. The first-order valence-corrected chi connectivity index (χ1v) is 7.51. The molecule has 1 atom stereocenters. The summed E-state index contributed by atoms with van der Waals surface area (Å²) >= 11 is 18.2. The Bertz CT molecular complexity index is 389. The standard InChI is InChI=1S/C14H20Cl3N/c1-4-10(5-2)8-18-9(3)11-6-7-12(15)14(17)13(11)16/h6-7,9-10,18H,4-5,8H2,1-3H3. The van der Waals surface area contributed by atoms with Crippen molar-refractivity contribution in [1.29, 1.82) is 0 Å². The van der Waals surface area contributed by atoms with Gasteiger partial charge in [0.1, 0.15) is 0 Å². The highest BCUT2D eigenvalue weighted by atomic mass is 35.5. The topological polar surface area (TPSA) is 12.0 Å². The zero-order valence-corrected chi connectivity index (χ0v) is 13.3. The molecule has 1 rings (SSSR count). The third-order valence-electron chi connectivity index (χ3n) is 3.40. The van der Waals surface area contributed by atoms with Gasteiger partial charge in [0.2, 0.25) is 0 Å². The zero-order chi connectivity index (χ0) is 13.7. The molecule has 0 saturated heterocycles. The number of benzene rings is 1. The molecule has 0 saturated carbocycles. The molecule has 1 nitrogen and oxygen atoms in total. The highest BCUT2D eigenvalue weighted by molar-refractivity contribution is 6.48. The lowest BCUT2D eigenvalue weighted by atomic mass is 10.0. The van der Waals surface area contributed by atoms with E-state index in [0.717, 1.165) is 12.1 Å². The van der Waals surface area contributed by atoms with Crippen LogP contribution in [0.15, 0.2) is 12.1 Å². The maximum Gasteiger partial charge on any atom is 0.0781 e. The molecule has 0 aliphatic heterocycles. The van der Waals surface area contributed by atoms with Crippen LogP contribution in [0.3, 0.4) is 0 Å². The van der Waals surface area contributed by atoms with Crippen molar-refractivity contribution in [3.63, 3.8) is 0 Å². The maximum atomic E-state index is 6.22. The normalized spacial score (nSPS) is 13.1. The number of nitrogens with one attached hydrogen (secondary N) is 1. The van der Waals surface area contributed by atoms with E-state index in [1.807, 2.05) is 6.07 Å². The molecule has 0 fully saturated rings. The molecular weight excluding hydrogens is 289 g/mol. The van der Waals surface area contributed by atoms with Crippen LogP contribution in [-0.4, -0.2) is 6.54 Å². The van der Waals surface area contributed by atoms with E-state index in [0.29, 0.717) is 21.0 Å². The van der Waals surface area contributed by atoms with Crippen molar-refractivity contribution in [3.05, 3.63) is 32.8 Å². The molecule has 18 heavy (non-hydrogen) atoms. The first kappa shape index (κ1) is 16.1. The van der Waals surface area contributed by atoms with Crippen LogP contribution >= 0.6 is 34.8 Å². The van der Waals surface area contributed by atoms with Crippen LogP contribution in [0.1, 0.15) is 45.2 Å². The fraction of sp³-hybridized carbons (Fsp3) is 0.571. The Hall–Kier alpha value is 0.0500. The average Bonchev–Trinajstić information content (AvgIpc) is 2.37. The summed E-state index contributed by atoms with van der Waals surface area (Å²) in [7, 11) is 0. The predicted octanol–water partition coefficient (Wildman–Crippen LogP) is 5.73. The minimum Gasteiger partial charge on any atom is -0.310 e. The summed E-state index contributed by atoms with van der Waals surface area (Å²) in [5.74, 6) is 0.703. The summed E-state index contributed by atoms with van der Waals surface area (Å²) in [6, 6.07) is 3.90. The number of hydrogen-bond donors (Lipinski definition) is 1. The number of hydrogen-bond acceptors (Lipinski definition) is 1. The van der Waals surface area contributed by atoms with Gasteiger partial charge in [-0.05, 0) is 31.0 Å². The van der Waals surface area contributed by atoms with Crippen LogP contribution in [0.2, 0.25) is 15.1 Å². The van der Waals surface area contributed by atoms with Gasteiger partial charge in [0.15, 0.2) is 0 Å². The van der Waals surface area contributed by atoms with E-state index in [1.165, 1.54) is 12.8 Å². The van der Waals surface area contributed by atoms with Crippen molar-refractivity contribution < 1.29 is 0 Å². The van der Waals surface area contributed by atoms with Gasteiger partial charge in [-0.15, -0.1) is 0 Å². The van der Waals surface area contributed by atoms with Crippen molar-refractivity contribution in [1.82, 2.24) is 5.32 Å². The van der Waals surface area contributed by atoms with Crippen LogP contribution in [0, 0.1) is 5.92 Å². The van der Waals surface area contributed by atoms with E-state index in [2.05, 4.69) is 26.1 Å². The molecule has 1 aromatic rings. The quantitative estimate of drug-likeness (QED) is 0.661. The van der Waals surface area contributed by atoms with Gasteiger partial charge in [0, 0.05) is 6.04 Å². The van der Waals surface area contributed by atoms with Crippen LogP contribution in [-0.2, 0) is 0 Å². The van der Waals surface area contributed by atoms with Gasteiger partial charge in [-0.2, -0.15) is 0 Å². The smallest absolute Gasteiger partial charge is 0.0781 e. The van der Waals surface area contributed by atoms with Crippen LogP contribution in [0.4, 0.5) is 0 Å². The summed E-state index contributed by atoms with van der Waals surface area (Å²) < 4.78 is 0. The molecule has 0 aliphatic rings. The first-order valence-electron chi connectivity index (χ1n) is 6.37. The first-order chi connectivity index (χ1) is 8.51. The predicted molar refractivity (Wildman–Crippen MR) is 82.0 cm³/mol. The molecule has 0 spiro atoms. The lowest BCUT2D eigenvalue weighted by molar-refractivity contribution is 0.422. The Morgan fingerprint density at radius 3 is 2.22 bits per heavy atom. The molecule has 0 amide bonds. The van der Waals surface area contributed by atoms with Crippen molar-refractivity contribution in [2.45, 2.75) is 39.7 Å². The fourth-order valence-corrected chi connectivity index (χ4v) is 2.61. The van der Waals surface area contributed by atoms with Crippen LogP contribution in [0.5, 0.6) is 0 Å². The SMILES string of the molecule is CCC(CC)CNC(C)c1ccc(Cl)c(Cl)c1Cl. The Morgan fingerprint density at radius 1 is 1.06 bits per heavy atom. The van der Waals surface area contributed by atoms with E-state index in [1.54, 1.807) is 6.07 Å². The third-order valence-corrected chi connectivity index (χ3v) is 4.71. The average molecular weight is 309 g/mol. The van der Waals surface area contributed by atoms with Crippen molar-refractivity contribution in [2.24, 2.45) is 5.92 Å². The molecule has 1 N–H and O–H groups in total. The zero-order valence-electron chi connectivity index (χ0n) is 11.1. The van der Waals surface area contributed by atoms with Crippen LogP contribution < -0.4 is 5.32 Å². The minimum absolute atomic E-state index is 0.174. The Balaban J connectivity index is 2.73. The summed E-state index contributed by atoms with van der Waals surface area (Å²) in [5, 5.41) is 4.99. The molecular formula is C14H20Cl3N. The summed E-state index contributed by atoms with van der Waals surface area (Å²) in [6.07, 6.45) is 2.37. The Labute approximate surface area is 125 Å². The molecule has 0 aromatic heterocycles. The molecule has 0 aliphatic carbocycles. The highest BCUT2D eigenvalue weighted by Crippen LogP contribution is 2.35. The molecule has 4 heteroatoms. The van der Waals surface area contributed by atoms with E-state index >= 15 is 0 Å². The van der Waals surface area contributed by atoms with Gasteiger partial charge in [-0.1, -0.05) is 67.6 Å². The lowest BCUT2D eigenvalue weighted by Gasteiger charge is -2.20. The molecule has 1 aromatic carbocycles. The lowest BCUT2D eigenvalue weighted by Crippen LogP contribution is -2.25. The van der Waals surface area contributed by atoms with Crippen molar-refractivity contribution in [2.75, 3.05) is 6.54 Å². The van der Waals surface area contributed by atoms with Gasteiger partial charge < -0.3 is 5.32 Å². The second-order valence-corrected chi connectivity index (χ2v) is 5.74. The second kappa shape index (κ2) is 7.59.